The fourth-order valence-electron chi connectivity index (χ4n) is 2.31. The summed E-state index contributed by atoms with van der Waals surface area (Å²) in [7, 11) is 0. The van der Waals surface area contributed by atoms with Gasteiger partial charge in [-0.15, -0.1) is 0 Å². The summed E-state index contributed by atoms with van der Waals surface area (Å²) in [6.45, 7) is 9.19. The molecule has 0 aromatic rings. The van der Waals surface area contributed by atoms with E-state index in [1.54, 1.807) is 0 Å². The molecular formula is C15H22F2O. The first kappa shape index (κ1) is 14.9. The van der Waals surface area contributed by atoms with E-state index in [-0.39, 0.29) is 5.76 Å². The Balaban J connectivity index is 2.34. The van der Waals surface area contributed by atoms with E-state index >= 15 is 0 Å². The van der Waals surface area contributed by atoms with Crippen LogP contribution in [-0.2, 0) is 4.74 Å². The molecule has 1 aliphatic carbocycles. The van der Waals surface area contributed by atoms with Gasteiger partial charge < -0.3 is 4.74 Å². The first-order chi connectivity index (χ1) is 8.58. The molecule has 0 unspecified atom stereocenters. The highest BCUT2D eigenvalue weighted by molar-refractivity contribution is 5.25. The van der Waals surface area contributed by atoms with Crippen LogP contribution >= 0.6 is 0 Å². The van der Waals surface area contributed by atoms with Crippen molar-refractivity contribution in [3.8, 4) is 0 Å². The van der Waals surface area contributed by atoms with E-state index in [0.717, 1.165) is 24.8 Å². The Labute approximate surface area is 108 Å². The highest BCUT2D eigenvalue weighted by Gasteiger charge is 2.21. The van der Waals surface area contributed by atoms with Gasteiger partial charge in [0.15, 0.2) is 17.4 Å². The summed E-state index contributed by atoms with van der Waals surface area (Å²) >= 11 is 0. The molecule has 0 aromatic heterocycles. The van der Waals surface area contributed by atoms with Crippen molar-refractivity contribution in [2.24, 2.45) is 11.8 Å². The number of halogens is 2. The van der Waals surface area contributed by atoms with E-state index in [4.69, 9.17) is 4.74 Å². The van der Waals surface area contributed by atoms with E-state index in [0.29, 0.717) is 12.5 Å². The Hall–Kier alpha value is -1.12. The van der Waals surface area contributed by atoms with Crippen LogP contribution in [-0.4, -0.2) is 6.61 Å². The van der Waals surface area contributed by atoms with Crippen LogP contribution in [0.2, 0.25) is 0 Å². The van der Waals surface area contributed by atoms with E-state index in [2.05, 4.69) is 20.1 Å². The van der Waals surface area contributed by atoms with Crippen molar-refractivity contribution in [2.75, 3.05) is 6.61 Å². The first-order valence-corrected chi connectivity index (χ1v) is 6.58. The van der Waals surface area contributed by atoms with Crippen molar-refractivity contribution in [2.45, 2.75) is 39.0 Å². The maximum absolute atomic E-state index is 13.3. The summed E-state index contributed by atoms with van der Waals surface area (Å²) in [5, 5.41) is 0. The van der Waals surface area contributed by atoms with Gasteiger partial charge in [-0.05, 0) is 30.8 Å². The predicted molar refractivity (Wildman–Crippen MR) is 70.3 cm³/mol. The van der Waals surface area contributed by atoms with Gasteiger partial charge in [0.1, 0.15) is 0 Å². The molecule has 1 saturated carbocycles. The normalized spacial score (nSPS) is 25.3. The molecule has 18 heavy (non-hydrogen) atoms. The molecule has 0 amide bonds. The molecule has 0 heterocycles. The van der Waals surface area contributed by atoms with Crippen LogP contribution in [0.4, 0.5) is 8.78 Å². The lowest BCUT2D eigenvalue weighted by atomic mass is 9.81. The zero-order valence-electron chi connectivity index (χ0n) is 11.1. The van der Waals surface area contributed by atoms with Gasteiger partial charge in [0.25, 0.3) is 0 Å². The van der Waals surface area contributed by atoms with Crippen molar-refractivity contribution in [1.82, 2.24) is 0 Å². The second-order valence-corrected chi connectivity index (χ2v) is 4.90. The fourth-order valence-corrected chi connectivity index (χ4v) is 2.31. The third-order valence-electron chi connectivity index (χ3n) is 3.67. The Morgan fingerprint density at radius 2 is 1.78 bits per heavy atom. The number of hydrogen-bond donors (Lipinski definition) is 0. The zero-order valence-corrected chi connectivity index (χ0v) is 11.1. The van der Waals surface area contributed by atoms with E-state index in [1.807, 2.05) is 0 Å². The predicted octanol–water partition coefficient (Wildman–Crippen LogP) is 5.07. The molecule has 1 nitrogen and oxygen atoms in total. The minimum absolute atomic E-state index is 0.231. The van der Waals surface area contributed by atoms with Crippen molar-refractivity contribution >= 4 is 0 Å². The van der Waals surface area contributed by atoms with Gasteiger partial charge in [0.05, 0.1) is 6.61 Å². The van der Waals surface area contributed by atoms with Crippen LogP contribution in [0, 0.1) is 11.8 Å². The van der Waals surface area contributed by atoms with Gasteiger partial charge in [0, 0.05) is 0 Å². The molecule has 0 N–H and O–H groups in total. The molecule has 0 aromatic carbocycles. The van der Waals surface area contributed by atoms with E-state index < -0.39 is 11.7 Å². The molecule has 0 aliphatic heterocycles. The Bertz CT molecular complexity index is 325. The lowest BCUT2D eigenvalue weighted by Gasteiger charge is -2.27. The standard InChI is InChI=1S/C15H22F2O/c1-4-12-6-8-13(9-7-12)10-18-11(3)15(17)14(16)5-2/h5,12-13H,2-4,6-10H2,1H3/b15-14-. The summed E-state index contributed by atoms with van der Waals surface area (Å²) < 4.78 is 31.4. The largest absolute Gasteiger partial charge is 0.491 e. The molecule has 0 saturated heterocycles. The molecule has 0 radical (unpaired) electrons. The van der Waals surface area contributed by atoms with Crippen molar-refractivity contribution < 1.29 is 13.5 Å². The lowest BCUT2D eigenvalue weighted by Crippen LogP contribution is -2.18. The molecule has 0 spiro atoms. The average molecular weight is 256 g/mol. The third kappa shape index (κ3) is 4.28. The van der Waals surface area contributed by atoms with Crippen molar-refractivity contribution in [3.63, 3.8) is 0 Å². The van der Waals surface area contributed by atoms with Crippen LogP contribution in [0.15, 0.2) is 36.6 Å². The molecule has 1 aliphatic rings. The van der Waals surface area contributed by atoms with Gasteiger partial charge in [-0.3, -0.25) is 0 Å². The summed E-state index contributed by atoms with van der Waals surface area (Å²) in [5.74, 6) is -1.05. The number of rotatable bonds is 6. The molecule has 0 atom stereocenters. The molecule has 1 fully saturated rings. The Kier molecular flexibility index (Phi) is 6.10. The highest BCUT2D eigenvalue weighted by Crippen LogP contribution is 2.31. The van der Waals surface area contributed by atoms with Crippen LogP contribution in [0.25, 0.3) is 0 Å². The monoisotopic (exact) mass is 256 g/mol. The van der Waals surface area contributed by atoms with Gasteiger partial charge in [-0.1, -0.05) is 39.3 Å². The molecule has 3 heteroatoms. The van der Waals surface area contributed by atoms with E-state index in [9.17, 15) is 8.78 Å². The number of ether oxygens (including phenoxy) is 1. The summed E-state index contributed by atoms with van der Waals surface area (Å²) in [6, 6.07) is 0. The maximum atomic E-state index is 13.3. The van der Waals surface area contributed by atoms with Crippen LogP contribution in [0.5, 0.6) is 0 Å². The Morgan fingerprint density at radius 1 is 1.22 bits per heavy atom. The summed E-state index contributed by atoms with van der Waals surface area (Å²) in [6.07, 6.45) is 6.65. The highest BCUT2D eigenvalue weighted by atomic mass is 19.2. The fraction of sp³-hybridized carbons (Fsp3) is 0.600. The minimum Gasteiger partial charge on any atom is -0.491 e. The SMILES string of the molecule is C=C/C(F)=C(/F)C(=C)OCC1CCC(CC)CC1. The Morgan fingerprint density at radius 3 is 2.28 bits per heavy atom. The quantitative estimate of drug-likeness (QED) is 0.476. The lowest BCUT2D eigenvalue weighted by molar-refractivity contribution is 0.127. The summed E-state index contributed by atoms with van der Waals surface area (Å²) in [4.78, 5) is 0. The smallest absolute Gasteiger partial charge is 0.199 e. The third-order valence-corrected chi connectivity index (χ3v) is 3.67. The topological polar surface area (TPSA) is 9.23 Å². The summed E-state index contributed by atoms with van der Waals surface area (Å²) in [5.41, 5.74) is 0. The van der Waals surface area contributed by atoms with Crippen LogP contribution in [0.1, 0.15) is 39.0 Å². The number of allylic oxidation sites excluding steroid dienone is 3. The first-order valence-electron chi connectivity index (χ1n) is 6.58. The maximum Gasteiger partial charge on any atom is 0.199 e. The van der Waals surface area contributed by atoms with Crippen LogP contribution in [0.3, 0.4) is 0 Å². The van der Waals surface area contributed by atoms with Gasteiger partial charge in [-0.25, -0.2) is 4.39 Å². The van der Waals surface area contributed by atoms with Gasteiger partial charge in [-0.2, -0.15) is 4.39 Å². The van der Waals surface area contributed by atoms with Gasteiger partial charge >= 0.3 is 0 Å². The molecule has 1 rings (SSSR count). The second kappa shape index (κ2) is 7.34. The number of hydrogen-bond acceptors (Lipinski definition) is 1. The van der Waals surface area contributed by atoms with E-state index in [1.165, 1.54) is 19.3 Å². The molecule has 102 valence electrons. The molecular weight excluding hydrogens is 234 g/mol. The van der Waals surface area contributed by atoms with Crippen molar-refractivity contribution in [3.05, 3.63) is 36.6 Å². The van der Waals surface area contributed by atoms with Gasteiger partial charge in [0.2, 0.25) is 0 Å². The van der Waals surface area contributed by atoms with Crippen molar-refractivity contribution in [1.29, 1.82) is 0 Å². The zero-order chi connectivity index (χ0) is 13.5. The van der Waals surface area contributed by atoms with Crippen LogP contribution < -0.4 is 0 Å². The minimum atomic E-state index is -1.05. The molecule has 0 bridgehead atoms. The average Bonchev–Trinajstić information content (AvgIpc) is 2.43. The second-order valence-electron chi connectivity index (χ2n) is 4.90.